The molecule has 0 aliphatic carbocycles. The summed E-state index contributed by atoms with van der Waals surface area (Å²) < 4.78 is 10.5. The topological polar surface area (TPSA) is 30.5 Å². The van der Waals surface area contributed by atoms with Crippen molar-refractivity contribution in [3.63, 3.8) is 0 Å². The van der Waals surface area contributed by atoms with Crippen LogP contribution < -0.4 is 14.8 Å². The molecule has 0 unspecified atom stereocenters. The van der Waals surface area contributed by atoms with Crippen LogP contribution in [0.4, 0.5) is 0 Å². The quantitative estimate of drug-likeness (QED) is 0.839. The Labute approximate surface area is 94.3 Å². The molecule has 1 aromatic carbocycles. The normalized spacial score (nSPS) is 14.6. The smallest absolute Gasteiger partial charge is 0.179 e. The van der Waals surface area contributed by atoms with Gasteiger partial charge in [-0.25, -0.2) is 0 Å². The van der Waals surface area contributed by atoms with E-state index in [4.69, 9.17) is 21.1 Å². The number of fused-ring (bicyclic) bond motifs is 1. The Morgan fingerprint density at radius 1 is 1.33 bits per heavy atom. The lowest BCUT2D eigenvalue weighted by atomic mass is 10.00. The van der Waals surface area contributed by atoms with E-state index in [1.54, 1.807) is 14.2 Å². The molecule has 0 bridgehead atoms. The number of benzene rings is 1. The maximum atomic E-state index is 6.28. The number of rotatable bonds is 2. The van der Waals surface area contributed by atoms with Gasteiger partial charge in [0.15, 0.2) is 11.5 Å². The van der Waals surface area contributed by atoms with Crippen LogP contribution in [0.15, 0.2) is 6.07 Å². The van der Waals surface area contributed by atoms with E-state index in [9.17, 15) is 0 Å². The molecular formula is C11H14ClNO2. The zero-order valence-electron chi connectivity index (χ0n) is 8.89. The molecule has 0 radical (unpaired) electrons. The highest BCUT2D eigenvalue weighted by molar-refractivity contribution is 6.33. The largest absolute Gasteiger partial charge is 0.493 e. The first kappa shape index (κ1) is 10.6. The predicted molar refractivity (Wildman–Crippen MR) is 60.0 cm³/mol. The van der Waals surface area contributed by atoms with Gasteiger partial charge in [0, 0.05) is 6.54 Å². The highest BCUT2D eigenvalue weighted by atomic mass is 35.5. The minimum absolute atomic E-state index is 0.639. The molecule has 1 aromatic rings. The second kappa shape index (κ2) is 4.29. The molecule has 2 rings (SSSR count). The monoisotopic (exact) mass is 227 g/mol. The van der Waals surface area contributed by atoms with Gasteiger partial charge in [0.05, 0.1) is 19.2 Å². The molecule has 82 valence electrons. The number of hydrogen-bond acceptors (Lipinski definition) is 3. The Morgan fingerprint density at radius 2 is 2.13 bits per heavy atom. The lowest BCUT2D eigenvalue weighted by molar-refractivity contribution is 0.353. The lowest BCUT2D eigenvalue weighted by Crippen LogP contribution is -2.24. The molecule has 1 aliphatic rings. The highest BCUT2D eigenvalue weighted by Gasteiger charge is 2.19. The Kier molecular flexibility index (Phi) is 3.03. The predicted octanol–water partition coefficient (Wildman–Crippen LogP) is 2.00. The number of hydrogen-bond donors (Lipinski definition) is 1. The van der Waals surface area contributed by atoms with Gasteiger partial charge in [-0.15, -0.1) is 0 Å². The van der Waals surface area contributed by atoms with Gasteiger partial charge in [-0.2, -0.15) is 0 Å². The van der Waals surface area contributed by atoms with Crippen LogP contribution in [0.2, 0.25) is 5.02 Å². The fourth-order valence-corrected chi connectivity index (χ4v) is 2.29. The van der Waals surface area contributed by atoms with Crippen molar-refractivity contribution in [1.82, 2.24) is 5.32 Å². The van der Waals surface area contributed by atoms with Gasteiger partial charge in [-0.05, 0) is 30.2 Å². The Bertz CT molecular complexity index is 365. The molecule has 15 heavy (non-hydrogen) atoms. The maximum Gasteiger partial charge on any atom is 0.179 e. The van der Waals surface area contributed by atoms with Gasteiger partial charge >= 0.3 is 0 Å². The van der Waals surface area contributed by atoms with Crippen LogP contribution in [-0.2, 0) is 13.0 Å². The van der Waals surface area contributed by atoms with Crippen LogP contribution in [0.5, 0.6) is 11.5 Å². The molecule has 3 nitrogen and oxygen atoms in total. The molecule has 1 heterocycles. The van der Waals surface area contributed by atoms with Gasteiger partial charge in [-0.1, -0.05) is 11.6 Å². The first-order chi connectivity index (χ1) is 7.27. The summed E-state index contributed by atoms with van der Waals surface area (Å²) in [4.78, 5) is 0. The summed E-state index contributed by atoms with van der Waals surface area (Å²) in [6, 6.07) is 1.99. The Balaban J connectivity index is 2.57. The van der Waals surface area contributed by atoms with Crippen molar-refractivity contribution in [2.24, 2.45) is 0 Å². The summed E-state index contributed by atoms with van der Waals surface area (Å²) in [5.41, 5.74) is 2.37. The van der Waals surface area contributed by atoms with Crippen LogP contribution in [0.1, 0.15) is 11.1 Å². The molecule has 0 atom stereocenters. The van der Waals surface area contributed by atoms with Crippen LogP contribution in [0.25, 0.3) is 0 Å². The van der Waals surface area contributed by atoms with Crippen molar-refractivity contribution in [3.05, 3.63) is 22.2 Å². The fourth-order valence-electron chi connectivity index (χ4n) is 1.90. The van der Waals surface area contributed by atoms with Crippen molar-refractivity contribution < 1.29 is 9.47 Å². The van der Waals surface area contributed by atoms with Gasteiger partial charge in [-0.3, -0.25) is 0 Å². The Morgan fingerprint density at radius 3 is 2.80 bits per heavy atom. The van der Waals surface area contributed by atoms with Gasteiger partial charge in [0.2, 0.25) is 0 Å². The third-order valence-electron chi connectivity index (χ3n) is 2.67. The summed E-state index contributed by atoms with van der Waals surface area (Å²) >= 11 is 6.28. The number of halogens is 1. The second-order valence-corrected chi connectivity index (χ2v) is 3.87. The molecule has 0 amide bonds. The SMILES string of the molecule is COc1cc2c(c(Cl)c1OC)CCNC2. The Hall–Kier alpha value is -0.930. The van der Waals surface area contributed by atoms with E-state index in [1.165, 1.54) is 11.1 Å². The molecular weight excluding hydrogens is 214 g/mol. The zero-order chi connectivity index (χ0) is 10.8. The third-order valence-corrected chi connectivity index (χ3v) is 3.07. The van der Waals surface area contributed by atoms with Crippen LogP contribution in [-0.4, -0.2) is 20.8 Å². The summed E-state index contributed by atoms with van der Waals surface area (Å²) in [6.45, 7) is 1.80. The maximum absolute atomic E-state index is 6.28. The standard InChI is InChI=1S/C11H14ClNO2/c1-14-9-5-7-6-13-4-3-8(7)10(12)11(9)15-2/h5,13H,3-4,6H2,1-2H3. The van der Waals surface area contributed by atoms with E-state index < -0.39 is 0 Å². The first-order valence-corrected chi connectivity index (χ1v) is 5.28. The summed E-state index contributed by atoms with van der Waals surface area (Å²) in [5.74, 6) is 1.34. The fraction of sp³-hybridized carbons (Fsp3) is 0.455. The van der Waals surface area contributed by atoms with E-state index >= 15 is 0 Å². The van der Waals surface area contributed by atoms with E-state index in [-0.39, 0.29) is 0 Å². The number of ether oxygens (including phenoxy) is 2. The van der Waals surface area contributed by atoms with Crippen LogP contribution >= 0.6 is 11.6 Å². The molecule has 0 saturated carbocycles. The molecule has 4 heteroatoms. The van der Waals surface area contributed by atoms with Crippen molar-refractivity contribution in [2.45, 2.75) is 13.0 Å². The minimum Gasteiger partial charge on any atom is -0.493 e. The third kappa shape index (κ3) is 1.77. The lowest BCUT2D eigenvalue weighted by Gasteiger charge is -2.21. The van der Waals surface area contributed by atoms with Crippen molar-refractivity contribution >= 4 is 11.6 Å². The molecule has 0 spiro atoms. The number of methoxy groups -OCH3 is 2. The van der Waals surface area contributed by atoms with Crippen molar-refractivity contribution in [2.75, 3.05) is 20.8 Å². The van der Waals surface area contributed by atoms with Crippen molar-refractivity contribution in [3.8, 4) is 11.5 Å². The van der Waals surface area contributed by atoms with Gasteiger partial charge in [0.1, 0.15) is 0 Å². The second-order valence-electron chi connectivity index (χ2n) is 3.49. The van der Waals surface area contributed by atoms with Gasteiger partial charge < -0.3 is 14.8 Å². The van der Waals surface area contributed by atoms with E-state index in [0.717, 1.165) is 19.5 Å². The van der Waals surface area contributed by atoms with E-state index in [2.05, 4.69) is 5.32 Å². The molecule has 1 N–H and O–H groups in total. The molecule has 0 fully saturated rings. The van der Waals surface area contributed by atoms with E-state index in [0.29, 0.717) is 16.5 Å². The van der Waals surface area contributed by atoms with Crippen LogP contribution in [0, 0.1) is 0 Å². The first-order valence-electron chi connectivity index (χ1n) is 4.91. The minimum atomic E-state index is 0.639. The summed E-state index contributed by atoms with van der Waals surface area (Å²) in [6.07, 6.45) is 0.939. The highest BCUT2D eigenvalue weighted by Crippen LogP contribution is 2.40. The van der Waals surface area contributed by atoms with Gasteiger partial charge in [0.25, 0.3) is 0 Å². The number of nitrogens with one attached hydrogen (secondary N) is 1. The average molecular weight is 228 g/mol. The molecule has 1 aliphatic heterocycles. The zero-order valence-corrected chi connectivity index (χ0v) is 9.65. The van der Waals surface area contributed by atoms with Crippen LogP contribution in [0.3, 0.4) is 0 Å². The molecule has 0 saturated heterocycles. The summed E-state index contributed by atoms with van der Waals surface area (Å²) in [5, 5.41) is 3.99. The molecule has 0 aromatic heterocycles. The van der Waals surface area contributed by atoms with E-state index in [1.807, 2.05) is 6.07 Å². The average Bonchev–Trinajstić information content (AvgIpc) is 2.29. The van der Waals surface area contributed by atoms with Crippen molar-refractivity contribution in [1.29, 1.82) is 0 Å². The summed E-state index contributed by atoms with van der Waals surface area (Å²) in [7, 11) is 3.23.